The lowest BCUT2D eigenvalue weighted by atomic mass is 10.2. The molecular formula is C9H5F5INO3. The summed E-state index contributed by atoms with van der Waals surface area (Å²) in [6, 6.07) is 0.693. The molecule has 4 nitrogen and oxygen atoms in total. The lowest BCUT2D eigenvalue weighted by molar-refractivity contribution is -0.275. The van der Waals surface area contributed by atoms with E-state index < -0.39 is 35.9 Å². The summed E-state index contributed by atoms with van der Waals surface area (Å²) < 4.78 is 68.9. The number of pyridine rings is 1. The molecule has 0 fully saturated rings. The number of ether oxygens (including phenoxy) is 2. The van der Waals surface area contributed by atoms with Crippen molar-refractivity contribution < 1.29 is 36.2 Å². The van der Waals surface area contributed by atoms with E-state index in [0.29, 0.717) is 6.07 Å². The predicted molar refractivity (Wildman–Crippen MR) is 59.9 cm³/mol. The molecule has 0 saturated heterocycles. The van der Waals surface area contributed by atoms with Gasteiger partial charge in [-0.15, -0.1) is 13.2 Å². The normalized spacial score (nSPS) is 11.6. The molecule has 0 spiro atoms. The average Bonchev–Trinajstić information content (AvgIpc) is 2.28. The van der Waals surface area contributed by atoms with Crippen LogP contribution < -0.4 is 4.74 Å². The van der Waals surface area contributed by atoms with Crippen LogP contribution in [0, 0.1) is 3.57 Å². The number of rotatable bonds is 3. The van der Waals surface area contributed by atoms with Gasteiger partial charge in [-0.05, 0) is 28.7 Å². The van der Waals surface area contributed by atoms with E-state index in [1.807, 2.05) is 0 Å². The minimum absolute atomic E-state index is 0.333. The first kappa shape index (κ1) is 15.9. The molecule has 1 aromatic heterocycles. The number of nitrogens with zero attached hydrogens (tertiary/aromatic N) is 1. The maximum absolute atomic E-state index is 12.5. The Balaban J connectivity index is 3.39. The number of alkyl halides is 5. The zero-order chi connectivity index (χ0) is 14.8. The molecule has 0 aromatic carbocycles. The molecule has 0 N–H and O–H groups in total. The minimum Gasteiger partial charge on any atom is -0.464 e. The number of halogens is 6. The van der Waals surface area contributed by atoms with Crippen LogP contribution in [0.5, 0.6) is 5.75 Å². The topological polar surface area (TPSA) is 48.4 Å². The second-order valence-electron chi connectivity index (χ2n) is 3.05. The zero-order valence-electron chi connectivity index (χ0n) is 9.09. The van der Waals surface area contributed by atoms with E-state index >= 15 is 0 Å². The number of methoxy groups -OCH3 is 1. The molecule has 0 saturated carbocycles. The highest BCUT2D eigenvalue weighted by Gasteiger charge is 2.35. The summed E-state index contributed by atoms with van der Waals surface area (Å²) in [7, 11) is 0.878. The molecule has 0 aliphatic rings. The number of hydrogen-bond donors (Lipinski definition) is 0. The second-order valence-corrected chi connectivity index (χ2v) is 4.21. The monoisotopic (exact) mass is 397 g/mol. The highest BCUT2D eigenvalue weighted by molar-refractivity contribution is 14.1. The second kappa shape index (κ2) is 5.84. The smallest absolute Gasteiger partial charge is 0.464 e. The first-order chi connectivity index (χ1) is 8.65. The number of carbonyl (C=O) groups is 1. The molecule has 19 heavy (non-hydrogen) atoms. The van der Waals surface area contributed by atoms with Gasteiger partial charge >= 0.3 is 12.3 Å². The van der Waals surface area contributed by atoms with Crippen LogP contribution in [0.25, 0.3) is 0 Å². The molecular weight excluding hydrogens is 392 g/mol. The molecule has 1 heterocycles. The predicted octanol–water partition coefficient (Wildman–Crippen LogP) is 3.31. The summed E-state index contributed by atoms with van der Waals surface area (Å²) in [5, 5.41) is 0. The Morgan fingerprint density at radius 1 is 1.42 bits per heavy atom. The summed E-state index contributed by atoms with van der Waals surface area (Å²) in [6.07, 6.45) is -8.13. The number of carbonyl (C=O) groups excluding carboxylic acids is 1. The summed E-state index contributed by atoms with van der Waals surface area (Å²) in [5.41, 5.74) is -1.80. The fourth-order valence-electron chi connectivity index (χ4n) is 1.08. The Bertz CT molecular complexity index is 491. The Labute approximate surface area is 117 Å². The van der Waals surface area contributed by atoms with Crippen molar-refractivity contribution in [3.63, 3.8) is 0 Å². The Kier molecular flexibility index (Phi) is 4.87. The molecule has 0 aliphatic heterocycles. The Morgan fingerprint density at radius 3 is 2.42 bits per heavy atom. The van der Waals surface area contributed by atoms with Gasteiger partial charge in [-0.25, -0.2) is 18.6 Å². The summed E-state index contributed by atoms with van der Waals surface area (Å²) in [4.78, 5) is 14.4. The maximum Gasteiger partial charge on any atom is 0.573 e. The van der Waals surface area contributed by atoms with Crippen LogP contribution in [0.1, 0.15) is 22.6 Å². The maximum atomic E-state index is 12.5. The van der Waals surface area contributed by atoms with Crippen molar-refractivity contribution in [2.24, 2.45) is 0 Å². The molecule has 0 unspecified atom stereocenters. The van der Waals surface area contributed by atoms with Crippen LogP contribution in [0.3, 0.4) is 0 Å². The van der Waals surface area contributed by atoms with Gasteiger partial charge in [0, 0.05) is 0 Å². The fraction of sp³-hybridized carbons (Fsp3) is 0.333. The molecule has 1 aromatic rings. The number of esters is 1. The SMILES string of the molecule is COC(=O)c1nc(C(F)F)cc(I)c1OC(F)(F)F. The Morgan fingerprint density at radius 2 is 2.00 bits per heavy atom. The van der Waals surface area contributed by atoms with Crippen LogP contribution in [0.15, 0.2) is 6.07 Å². The first-order valence-electron chi connectivity index (χ1n) is 4.48. The van der Waals surface area contributed by atoms with Crippen LogP contribution in [0.4, 0.5) is 22.0 Å². The number of hydrogen-bond acceptors (Lipinski definition) is 4. The minimum atomic E-state index is -5.09. The third-order valence-corrected chi connectivity index (χ3v) is 2.57. The standard InChI is InChI=1S/C9H5F5INO3/c1-18-8(17)5-6(19-9(12,13)14)3(15)2-4(16-5)7(10)11/h2,7H,1H3. The zero-order valence-corrected chi connectivity index (χ0v) is 11.3. The van der Waals surface area contributed by atoms with Crippen LogP contribution >= 0.6 is 22.6 Å². The average molecular weight is 397 g/mol. The number of aromatic nitrogens is 1. The molecule has 0 radical (unpaired) electrons. The fourth-order valence-corrected chi connectivity index (χ4v) is 1.76. The van der Waals surface area contributed by atoms with Crippen LogP contribution in [-0.4, -0.2) is 24.4 Å². The van der Waals surface area contributed by atoms with Crippen molar-refractivity contribution in [2.45, 2.75) is 12.8 Å². The van der Waals surface area contributed by atoms with E-state index in [-0.39, 0.29) is 3.57 Å². The molecule has 0 atom stereocenters. The van der Waals surface area contributed by atoms with Gasteiger partial charge in [0.05, 0.1) is 10.7 Å². The summed E-state index contributed by atoms with van der Waals surface area (Å²) in [5.74, 6) is -2.27. The van der Waals surface area contributed by atoms with Crippen molar-refractivity contribution in [3.05, 3.63) is 21.0 Å². The van der Waals surface area contributed by atoms with E-state index in [2.05, 4.69) is 14.5 Å². The highest BCUT2D eigenvalue weighted by Crippen LogP contribution is 2.33. The highest BCUT2D eigenvalue weighted by atomic mass is 127. The van der Waals surface area contributed by atoms with Crippen molar-refractivity contribution in [1.82, 2.24) is 4.98 Å². The van der Waals surface area contributed by atoms with Crippen LogP contribution in [-0.2, 0) is 4.74 Å². The largest absolute Gasteiger partial charge is 0.573 e. The molecule has 10 heteroatoms. The van der Waals surface area contributed by atoms with E-state index in [4.69, 9.17) is 0 Å². The molecule has 106 valence electrons. The third kappa shape index (κ3) is 4.14. The van der Waals surface area contributed by atoms with Crippen molar-refractivity contribution in [3.8, 4) is 5.75 Å². The van der Waals surface area contributed by atoms with Crippen LogP contribution in [0.2, 0.25) is 0 Å². The quantitative estimate of drug-likeness (QED) is 0.446. The van der Waals surface area contributed by atoms with Gasteiger partial charge in [-0.3, -0.25) is 0 Å². The van der Waals surface area contributed by atoms with Crippen molar-refractivity contribution in [1.29, 1.82) is 0 Å². The van der Waals surface area contributed by atoms with Gasteiger partial charge in [0.15, 0.2) is 11.4 Å². The van der Waals surface area contributed by atoms with E-state index in [1.165, 1.54) is 22.6 Å². The van der Waals surface area contributed by atoms with Crippen molar-refractivity contribution >= 4 is 28.6 Å². The van der Waals surface area contributed by atoms with Gasteiger partial charge in [0.25, 0.3) is 6.43 Å². The van der Waals surface area contributed by atoms with E-state index in [0.717, 1.165) is 7.11 Å². The van der Waals surface area contributed by atoms with E-state index in [9.17, 15) is 26.7 Å². The van der Waals surface area contributed by atoms with E-state index in [1.54, 1.807) is 0 Å². The van der Waals surface area contributed by atoms with Gasteiger partial charge in [-0.2, -0.15) is 0 Å². The van der Waals surface area contributed by atoms with Gasteiger partial charge in [-0.1, -0.05) is 0 Å². The third-order valence-electron chi connectivity index (χ3n) is 1.77. The van der Waals surface area contributed by atoms with Crippen molar-refractivity contribution in [2.75, 3.05) is 7.11 Å². The molecule has 0 amide bonds. The summed E-state index contributed by atoms with van der Waals surface area (Å²) in [6.45, 7) is 0. The lowest BCUT2D eigenvalue weighted by Gasteiger charge is -2.14. The van der Waals surface area contributed by atoms with Gasteiger partial charge < -0.3 is 9.47 Å². The Hall–Kier alpha value is -1.20. The van der Waals surface area contributed by atoms with Gasteiger partial charge in [0.1, 0.15) is 5.69 Å². The first-order valence-corrected chi connectivity index (χ1v) is 5.56. The molecule has 0 bridgehead atoms. The molecule has 1 rings (SSSR count). The van der Waals surface area contributed by atoms with Gasteiger partial charge in [0.2, 0.25) is 0 Å². The lowest BCUT2D eigenvalue weighted by Crippen LogP contribution is -2.21. The molecule has 0 aliphatic carbocycles. The summed E-state index contributed by atoms with van der Waals surface area (Å²) >= 11 is 1.33.